The molecule has 0 aliphatic rings. The standard InChI is InChI=1S/C9H7NO/c1-3-8(7-10-5-1)9-4-2-6-11-9/h1-7H/p+1. The van der Waals surface area contributed by atoms with Gasteiger partial charge in [0, 0.05) is 6.07 Å². The number of aromatic nitrogens is 1. The van der Waals surface area contributed by atoms with E-state index in [2.05, 4.69) is 4.98 Å². The second-order valence-corrected chi connectivity index (χ2v) is 2.27. The normalized spacial score (nSPS) is 9.82. The highest BCUT2D eigenvalue weighted by atomic mass is 16.3. The molecule has 2 aromatic heterocycles. The molecule has 11 heavy (non-hydrogen) atoms. The van der Waals surface area contributed by atoms with Crippen LogP contribution in [0.1, 0.15) is 0 Å². The third-order valence-electron chi connectivity index (χ3n) is 1.51. The lowest BCUT2D eigenvalue weighted by molar-refractivity contribution is -0.377. The van der Waals surface area contributed by atoms with Crippen LogP contribution in [0.4, 0.5) is 0 Å². The lowest BCUT2D eigenvalue weighted by Gasteiger charge is -1.88. The first kappa shape index (κ1) is 6.16. The molecule has 0 bridgehead atoms. The van der Waals surface area contributed by atoms with E-state index in [4.69, 9.17) is 4.42 Å². The molecule has 2 rings (SSSR count). The average molecular weight is 146 g/mol. The van der Waals surface area contributed by atoms with Crippen molar-refractivity contribution in [3.8, 4) is 11.3 Å². The van der Waals surface area contributed by atoms with Crippen LogP contribution in [0.2, 0.25) is 0 Å². The summed E-state index contributed by atoms with van der Waals surface area (Å²) in [5.74, 6) is 0.891. The Morgan fingerprint density at radius 3 is 2.82 bits per heavy atom. The molecule has 2 aromatic rings. The summed E-state index contributed by atoms with van der Waals surface area (Å²) in [6.07, 6.45) is 5.44. The summed E-state index contributed by atoms with van der Waals surface area (Å²) in [6.45, 7) is 0. The van der Waals surface area contributed by atoms with Crippen LogP contribution in [0, 0.1) is 0 Å². The van der Waals surface area contributed by atoms with Crippen LogP contribution < -0.4 is 4.98 Å². The summed E-state index contributed by atoms with van der Waals surface area (Å²) in [7, 11) is 0. The molecule has 0 aliphatic carbocycles. The largest absolute Gasteiger partial charge is 0.464 e. The molecule has 0 saturated carbocycles. The van der Waals surface area contributed by atoms with Gasteiger partial charge in [-0.05, 0) is 18.2 Å². The van der Waals surface area contributed by atoms with Gasteiger partial charge in [0.05, 0.1) is 11.8 Å². The summed E-state index contributed by atoms with van der Waals surface area (Å²) >= 11 is 0. The van der Waals surface area contributed by atoms with Gasteiger partial charge in [-0.25, -0.2) is 4.98 Å². The molecule has 0 saturated heterocycles. The number of hydrogen-bond acceptors (Lipinski definition) is 1. The second-order valence-electron chi connectivity index (χ2n) is 2.27. The van der Waals surface area contributed by atoms with Crippen LogP contribution in [-0.4, -0.2) is 0 Å². The molecule has 0 atom stereocenters. The van der Waals surface area contributed by atoms with Crippen molar-refractivity contribution in [2.45, 2.75) is 0 Å². The van der Waals surface area contributed by atoms with E-state index >= 15 is 0 Å². The Morgan fingerprint density at radius 2 is 2.18 bits per heavy atom. The predicted octanol–water partition coefficient (Wildman–Crippen LogP) is 1.76. The molecule has 0 aliphatic heterocycles. The van der Waals surface area contributed by atoms with Crippen LogP contribution in [0.25, 0.3) is 11.3 Å². The van der Waals surface area contributed by atoms with E-state index in [0.29, 0.717) is 0 Å². The van der Waals surface area contributed by atoms with E-state index < -0.39 is 0 Å². The van der Waals surface area contributed by atoms with Gasteiger partial charge in [-0.15, -0.1) is 0 Å². The quantitative estimate of drug-likeness (QED) is 0.602. The highest BCUT2D eigenvalue weighted by molar-refractivity contribution is 5.54. The highest BCUT2D eigenvalue weighted by Gasteiger charge is 2.00. The van der Waals surface area contributed by atoms with Crippen molar-refractivity contribution in [1.29, 1.82) is 0 Å². The van der Waals surface area contributed by atoms with Crippen molar-refractivity contribution in [2.24, 2.45) is 0 Å². The maximum atomic E-state index is 5.20. The number of rotatable bonds is 1. The Labute approximate surface area is 64.5 Å². The Balaban J connectivity index is 2.46. The average Bonchev–Trinajstić information content (AvgIpc) is 2.58. The number of hydrogen-bond donors (Lipinski definition) is 0. The van der Waals surface area contributed by atoms with Crippen molar-refractivity contribution in [2.75, 3.05) is 0 Å². The molecule has 2 nitrogen and oxygen atoms in total. The molecule has 0 amide bonds. The molecule has 2 heterocycles. The Kier molecular flexibility index (Phi) is 1.44. The Bertz CT molecular complexity index is 313. The van der Waals surface area contributed by atoms with Crippen molar-refractivity contribution >= 4 is 0 Å². The van der Waals surface area contributed by atoms with Crippen molar-refractivity contribution < 1.29 is 9.40 Å². The number of furan rings is 1. The first-order chi connectivity index (χ1) is 5.47. The highest BCUT2D eigenvalue weighted by Crippen LogP contribution is 2.16. The van der Waals surface area contributed by atoms with Crippen molar-refractivity contribution in [3.63, 3.8) is 0 Å². The maximum absolute atomic E-state index is 5.20. The summed E-state index contributed by atoms with van der Waals surface area (Å²) in [6, 6.07) is 7.75. The second kappa shape index (κ2) is 2.58. The fourth-order valence-electron chi connectivity index (χ4n) is 0.989. The summed E-state index contributed by atoms with van der Waals surface area (Å²) < 4.78 is 5.20. The third-order valence-corrected chi connectivity index (χ3v) is 1.51. The zero-order chi connectivity index (χ0) is 7.52. The minimum absolute atomic E-state index is 0.891. The lowest BCUT2D eigenvalue weighted by atomic mass is 10.2. The molecule has 0 aromatic carbocycles. The molecule has 0 spiro atoms. The van der Waals surface area contributed by atoms with Gasteiger partial charge in [0.2, 0.25) is 0 Å². The fourth-order valence-corrected chi connectivity index (χ4v) is 0.989. The number of nitrogens with one attached hydrogen (secondary N) is 1. The minimum atomic E-state index is 0.891. The minimum Gasteiger partial charge on any atom is -0.464 e. The summed E-state index contributed by atoms with van der Waals surface area (Å²) in [4.78, 5) is 2.99. The van der Waals surface area contributed by atoms with Gasteiger partial charge in [0.25, 0.3) is 0 Å². The maximum Gasteiger partial charge on any atom is 0.178 e. The van der Waals surface area contributed by atoms with Gasteiger partial charge in [-0.3, -0.25) is 0 Å². The first-order valence-corrected chi connectivity index (χ1v) is 3.47. The van der Waals surface area contributed by atoms with E-state index in [9.17, 15) is 0 Å². The monoisotopic (exact) mass is 146 g/mol. The molecular formula is C9H8NO+. The SMILES string of the molecule is c1c[nH+]cc(-c2ccco2)c1. The Morgan fingerprint density at radius 1 is 1.18 bits per heavy atom. The van der Waals surface area contributed by atoms with Crippen LogP contribution in [0.5, 0.6) is 0 Å². The summed E-state index contributed by atoms with van der Waals surface area (Å²) in [5.41, 5.74) is 1.07. The van der Waals surface area contributed by atoms with Gasteiger partial charge < -0.3 is 4.42 Å². The van der Waals surface area contributed by atoms with E-state index in [1.165, 1.54) is 0 Å². The van der Waals surface area contributed by atoms with Crippen LogP contribution in [0.15, 0.2) is 47.3 Å². The zero-order valence-corrected chi connectivity index (χ0v) is 5.95. The van der Waals surface area contributed by atoms with Gasteiger partial charge in [0.15, 0.2) is 12.4 Å². The molecule has 1 N–H and O–H groups in total. The predicted molar refractivity (Wildman–Crippen MR) is 40.7 cm³/mol. The topological polar surface area (TPSA) is 27.3 Å². The number of pyridine rings is 1. The molecular weight excluding hydrogens is 138 g/mol. The van der Waals surface area contributed by atoms with E-state index in [-0.39, 0.29) is 0 Å². The smallest absolute Gasteiger partial charge is 0.178 e. The first-order valence-electron chi connectivity index (χ1n) is 3.47. The van der Waals surface area contributed by atoms with E-state index in [0.717, 1.165) is 11.3 Å². The molecule has 2 heteroatoms. The third kappa shape index (κ3) is 1.15. The van der Waals surface area contributed by atoms with Crippen molar-refractivity contribution in [1.82, 2.24) is 0 Å². The van der Waals surface area contributed by atoms with Gasteiger partial charge >= 0.3 is 0 Å². The van der Waals surface area contributed by atoms with Gasteiger partial charge in [0.1, 0.15) is 5.76 Å². The molecule has 0 unspecified atom stereocenters. The van der Waals surface area contributed by atoms with E-state index in [1.807, 2.05) is 36.7 Å². The van der Waals surface area contributed by atoms with Crippen LogP contribution in [-0.2, 0) is 0 Å². The van der Waals surface area contributed by atoms with Crippen molar-refractivity contribution in [3.05, 3.63) is 42.9 Å². The fraction of sp³-hybridized carbons (Fsp3) is 0. The lowest BCUT2D eigenvalue weighted by Crippen LogP contribution is -1.97. The summed E-state index contributed by atoms with van der Waals surface area (Å²) in [5, 5.41) is 0. The van der Waals surface area contributed by atoms with Crippen LogP contribution in [0.3, 0.4) is 0 Å². The Hall–Kier alpha value is -1.57. The number of aromatic amines is 1. The van der Waals surface area contributed by atoms with Gasteiger partial charge in [-0.1, -0.05) is 0 Å². The van der Waals surface area contributed by atoms with E-state index in [1.54, 1.807) is 6.26 Å². The molecule has 0 fully saturated rings. The number of H-pyrrole nitrogens is 1. The molecule has 0 radical (unpaired) electrons. The molecule has 54 valence electrons. The van der Waals surface area contributed by atoms with Gasteiger partial charge in [-0.2, -0.15) is 0 Å². The van der Waals surface area contributed by atoms with Crippen LogP contribution >= 0.6 is 0 Å². The zero-order valence-electron chi connectivity index (χ0n) is 5.95.